The van der Waals surface area contributed by atoms with Crippen LogP contribution in [0.5, 0.6) is 0 Å². The van der Waals surface area contributed by atoms with Crippen LogP contribution in [0.4, 0.5) is 0 Å². The van der Waals surface area contributed by atoms with Crippen LogP contribution in [0.2, 0.25) is 0 Å². The van der Waals surface area contributed by atoms with Crippen LogP contribution in [0, 0.1) is 0 Å². The van der Waals surface area contributed by atoms with E-state index in [1.165, 1.54) is 27.8 Å². The fraction of sp³-hybridized carbons (Fsp3) is 0. The maximum atomic E-state index is 3.58. The van der Waals surface area contributed by atoms with Crippen molar-refractivity contribution in [3.05, 3.63) is 109 Å². The first-order valence-corrected chi connectivity index (χ1v) is 9.46. The summed E-state index contributed by atoms with van der Waals surface area (Å²) in [5.74, 6) is 0. The highest BCUT2D eigenvalue weighted by Crippen LogP contribution is 2.34. The van der Waals surface area contributed by atoms with Gasteiger partial charge in [0.1, 0.15) is 0 Å². The quantitative estimate of drug-likeness (QED) is 0.345. The van der Waals surface area contributed by atoms with Crippen molar-refractivity contribution in [2.24, 2.45) is 0 Å². The Morgan fingerprint density at radius 1 is 0.429 bits per heavy atom. The van der Waals surface area contributed by atoms with Gasteiger partial charge in [-0.2, -0.15) is 0 Å². The molecule has 2 aromatic heterocycles. The smallest absolute Gasteiger partial charge is 0.0467 e. The summed E-state index contributed by atoms with van der Waals surface area (Å²) in [6, 6.07) is 35.9. The standard InChI is InChI=1S/C26H20N2/c1-3-9-19(10-4-1)21-17-26(27-18-21)23-14-8-7-13-22(23)25-16-15-24(28-25)20-11-5-2-6-12-20/h1-18,27-28H. The third-order valence-corrected chi connectivity index (χ3v) is 5.07. The van der Waals surface area contributed by atoms with Crippen molar-refractivity contribution < 1.29 is 0 Å². The van der Waals surface area contributed by atoms with Crippen molar-refractivity contribution >= 4 is 0 Å². The van der Waals surface area contributed by atoms with Gasteiger partial charge in [-0.15, -0.1) is 0 Å². The Bertz CT molecular complexity index is 1100. The minimum absolute atomic E-state index is 1.12. The predicted octanol–water partition coefficient (Wildman–Crippen LogP) is 7.01. The molecule has 28 heavy (non-hydrogen) atoms. The molecule has 2 nitrogen and oxygen atoms in total. The van der Waals surface area contributed by atoms with Gasteiger partial charge in [0.05, 0.1) is 0 Å². The van der Waals surface area contributed by atoms with Gasteiger partial charge in [-0.25, -0.2) is 0 Å². The number of H-pyrrole nitrogens is 2. The lowest BCUT2D eigenvalue weighted by molar-refractivity contribution is 1.37. The summed E-state index contributed by atoms with van der Waals surface area (Å²) in [6.07, 6.45) is 2.07. The first-order valence-electron chi connectivity index (χ1n) is 9.46. The van der Waals surface area contributed by atoms with Crippen LogP contribution in [0.25, 0.3) is 44.9 Å². The minimum atomic E-state index is 1.12. The SMILES string of the molecule is c1ccc(-c2c[nH]c(-c3ccccc3-c3ccc(-c4ccccc4)[nH]3)c2)cc1. The topological polar surface area (TPSA) is 31.6 Å². The van der Waals surface area contributed by atoms with Crippen molar-refractivity contribution in [1.82, 2.24) is 9.97 Å². The number of hydrogen-bond donors (Lipinski definition) is 2. The number of rotatable bonds is 4. The number of nitrogens with one attached hydrogen (secondary N) is 2. The Balaban J connectivity index is 1.54. The fourth-order valence-electron chi connectivity index (χ4n) is 3.64. The summed E-state index contributed by atoms with van der Waals surface area (Å²) in [5, 5.41) is 0. The zero-order valence-corrected chi connectivity index (χ0v) is 15.4. The molecule has 5 rings (SSSR count). The molecular formula is C26H20N2. The molecule has 0 atom stereocenters. The Kier molecular flexibility index (Phi) is 4.15. The number of aromatic nitrogens is 2. The van der Waals surface area contributed by atoms with Crippen molar-refractivity contribution in [2.75, 3.05) is 0 Å². The van der Waals surface area contributed by atoms with Crippen molar-refractivity contribution in [3.63, 3.8) is 0 Å². The molecule has 134 valence electrons. The van der Waals surface area contributed by atoms with Gasteiger partial charge in [0.2, 0.25) is 0 Å². The Morgan fingerprint density at radius 2 is 1.00 bits per heavy atom. The van der Waals surface area contributed by atoms with Gasteiger partial charge in [0.15, 0.2) is 0 Å². The van der Waals surface area contributed by atoms with Crippen LogP contribution in [0.15, 0.2) is 109 Å². The lowest BCUT2D eigenvalue weighted by Crippen LogP contribution is -1.85. The molecule has 0 fully saturated rings. The van der Waals surface area contributed by atoms with Gasteiger partial charge in [0.25, 0.3) is 0 Å². The molecular weight excluding hydrogens is 340 g/mol. The average Bonchev–Trinajstić information content (AvgIpc) is 3.45. The number of benzene rings is 3. The van der Waals surface area contributed by atoms with Gasteiger partial charge in [-0.3, -0.25) is 0 Å². The Morgan fingerprint density at radius 3 is 1.71 bits per heavy atom. The lowest BCUT2D eigenvalue weighted by Gasteiger charge is -2.07. The van der Waals surface area contributed by atoms with E-state index in [1.54, 1.807) is 0 Å². The zero-order valence-electron chi connectivity index (χ0n) is 15.4. The highest BCUT2D eigenvalue weighted by atomic mass is 14.7. The maximum Gasteiger partial charge on any atom is 0.0467 e. The minimum Gasteiger partial charge on any atom is -0.361 e. The molecule has 0 aliphatic rings. The lowest BCUT2D eigenvalue weighted by atomic mass is 10.0. The summed E-state index contributed by atoms with van der Waals surface area (Å²) in [6.45, 7) is 0. The molecule has 0 spiro atoms. The highest BCUT2D eigenvalue weighted by Gasteiger charge is 2.11. The second-order valence-corrected chi connectivity index (χ2v) is 6.87. The summed E-state index contributed by atoms with van der Waals surface area (Å²) < 4.78 is 0. The van der Waals surface area contributed by atoms with E-state index in [0.717, 1.165) is 17.1 Å². The Hall–Kier alpha value is -3.78. The van der Waals surface area contributed by atoms with E-state index in [9.17, 15) is 0 Å². The van der Waals surface area contributed by atoms with E-state index in [0.29, 0.717) is 0 Å². The molecule has 0 saturated heterocycles. The first-order chi connectivity index (χ1) is 13.9. The molecule has 0 radical (unpaired) electrons. The van der Waals surface area contributed by atoms with Gasteiger partial charge >= 0.3 is 0 Å². The summed E-state index contributed by atoms with van der Waals surface area (Å²) in [5.41, 5.74) is 9.34. The van der Waals surface area contributed by atoms with E-state index in [1.807, 2.05) is 12.1 Å². The molecule has 2 N–H and O–H groups in total. The molecule has 0 aliphatic heterocycles. The number of hydrogen-bond acceptors (Lipinski definition) is 0. The second kappa shape index (κ2) is 7.09. The van der Waals surface area contributed by atoms with Crippen LogP contribution < -0.4 is 0 Å². The molecule has 2 heterocycles. The largest absolute Gasteiger partial charge is 0.361 e. The maximum absolute atomic E-state index is 3.58. The van der Waals surface area contributed by atoms with E-state index in [2.05, 4.69) is 107 Å². The van der Waals surface area contributed by atoms with Gasteiger partial charge in [-0.05, 0) is 34.9 Å². The third kappa shape index (κ3) is 3.06. The molecule has 3 aromatic carbocycles. The van der Waals surface area contributed by atoms with Crippen LogP contribution >= 0.6 is 0 Å². The second-order valence-electron chi connectivity index (χ2n) is 6.87. The summed E-state index contributed by atoms with van der Waals surface area (Å²) in [4.78, 5) is 7.04. The molecule has 0 bridgehead atoms. The molecule has 0 aliphatic carbocycles. The number of aromatic amines is 2. The van der Waals surface area contributed by atoms with Crippen molar-refractivity contribution in [1.29, 1.82) is 0 Å². The monoisotopic (exact) mass is 360 g/mol. The Labute approximate surface area is 164 Å². The van der Waals surface area contributed by atoms with Gasteiger partial charge < -0.3 is 9.97 Å². The molecule has 5 aromatic rings. The van der Waals surface area contributed by atoms with Crippen molar-refractivity contribution in [3.8, 4) is 44.9 Å². The summed E-state index contributed by atoms with van der Waals surface area (Å²) in [7, 11) is 0. The zero-order chi connectivity index (χ0) is 18.8. The average molecular weight is 360 g/mol. The first kappa shape index (κ1) is 16.4. The molecule has 2 heteroatoms. The van der Waals surface area contributed by atoms with Crippen LogP contribution in [0.3, 0.4) is 0 Å². The van der Waals surface area contributed by atoms with E-state index in [-0.39, 0.29) is 0 Å². The summed E-state index contributed by atoms with van der Waals surface area (Å²) >= 11 is 0. The van der Waals surface area contributed by atoms with E-state index < -0.39 is 0 Å². The molecule has 0 unspecified atom stereocenters. The molecule has 0 saturated carbocycles. The predicted molar refractivity (Wildman–Crippen MR) is 117 cm³/mol. The highest BCUT2D eigenvalue weighted by molar-refractivity contribution is 5.84. The van der Waals surface area contributed by atoms with Crippen LogP contribution in [-0.2, 0) is 0 Å². The third-order valence-electron chi connectivity index (χ3n) is 5.07. The van der Waals surface area contributed by atoms with Crippen LogP contribution in [0.1, 0.15) is 0 Å². The van der Waals surface area contributed by atoms with Crippen molar-refractivity contribution in [2.45, 2.75) is 0 Å². The molecule has 0 amide bonds. The van der Waals surface area contributed by atoms with Gasteiger partial charge in [0, 0.05) is 34.4 Å². The van der Waals surface area contributed by atoms with Crippen LogP contribution in [-0.4, -0.2) is 9.97 Å². The van der Waals surface area contributed by atoms with E-state index >= 15 is 0 Å². The fourth-order valence-corrected chi connectivity index (χ4v) is 3.64. The van der Waals surface area contributed by atoms with E-state index in [4.69, 9.17) is 0 Å². The van der Waals surface area contributed by atoms with Gasteiger partial charge in [-0.1, -0.05) is 84.9 Å². The normalized spacial score (nSPS) is 10.9.